The van der Waals surface area contributed by atoms with Crippen LogP contribution < -0.4 is 0 Å². The molecule has 1 aliphatic rings. The normalized spacial score (nSPS) is 13.8. The molecule has 2 heterocycles. The lowest BCUT2D eigenvalue weighted by Gasteiger charge is -2.12. The summed E-state index contributed by atoms with van der Waals surface area (Å²) in [6.45, 7) is 0.518. The summed E-state index contributed by atoms with van der Waals surface area (Å²) in [5.41, 5.74) is 2.58. The minimum absolute atomic E-state index is 0.222. The molecule has 0 atom stereocenters. The van der Waals surface area contributed by atoms with Gasteiger partial charge in [-0.3, -0.25) is 14.5 Å². The Morgan fingerprint density at radius 1 is 1.12 bits per heavy atom. The first-order valence-corrected chi connectivity index (χ1v) is 8.02. The van der Waals surface area contributed by atoms with Crippen molar-refractivity contribution in [2.75, 3.05) is 20.3 Å². The largest absolute Gasteiger partial charge is 0.436 e. The minimum atomic E-state index is -0.335. The zero-order chi connectivity index (χ0) is 17.6. The zero-order valence-electron chi connectivity index (χ0n) is 13.3. The number of imide groups is 1. The maximum atomic E-state index is 12.5. The second-order valence-corrected chi connectivity index (χ2v) is 6.08. The van der Waals surface area contributed by atoms with Crippen LogP contribution >= 0.6 is 11.6 Å². The molecule has 0 spiro atoms. The Hall–Kier alpha value is -2.70. The van der Waals surface area contributed by atoms with E-state index >= 15 is 0 Å². The van der Waals surface area contributed by atoms with Gasteiger partial charge >= 0.3 is 0 Å². The Labute approximate surface area is 148 Å². The van der Waals surface area contributed by atoms with Crippen molar-refractivity contribution in [3.05, 3.63) is 52.5 Å². The van der Waals surface area contributed by atoms with Gasteiger partial charge < -0.3 is 9.15 Å². The van der Waals surface area contributed by atoms with Crippen LogP contribution in [0.15, 0.2) is 40.8 Å². The van der Waals surface area contributed by atoms with Crippen LogP contribution in [0, 0.1) is 0 Å². The van der Waals surface area contributed by atoms with Crippen molar-refractivity contribution in [1.82, 2.24) is 9.88 Å². The number of carbonyl (C=O) groups is 2. The first kappa shape index (κ1) is 15.8. The highest BCUT2D eigenvalue weighted by Crippen LogP contribution is 2.30. The Bertz CT molecular complexity index is 1010. The molecule has 0 fully saturated rings. The summed E-state index contributed by atoms with van der Waals surface area (Å²) < 4.78 is 10.7. The monoisotopic (exact) mass is 356 g/mol. The minimum Gasteiger partial charge on any atom is -0.436 e. The second-order valence-electron chi connectivity index (χ2n) is 5.65. The fourth-order valence-electron chi connectivity index (χ4n) is 2.83. The summed E-state index contributed by atoms with van der Waals surface area (Å²) in [4.78, 5) is 30.4. The highest BCUT2D eigenvalue weighted by atomic mass is 35.5. The Balaban J connectivity index is 1.73. The number of aromatic nitrogens is 1. The highest BCUT2D eigenvalue weighted by molar-refractivity contribution is 6.31. The van der Waals surface area contributed by atoms with Crippen molar-refractivity contribution in [3.8, 4) is 11.5 Å². The number of fused-ring (bicyclic) bond motifs is 2. The number of hydrogen-bond acceptors (Lipinski definition) is 5. The van der Waals surface area contributed by atoms with Crippen molar-refractivity contribution >= 4 is 34.5 Å². The molecule has 0 saturated carbocycles. The molecule has 0 unspecified atom stereocenters. The van der Waals surface area contributed by atoms with Crippen LogP contribution in [0.1, 0.15) is 20.7 Å². The quantitative estimate of drug-likeness (QED) is 0.670. The highest BCUT2D eigenvalue weighted by Gasteiger charge is 2.35. The molecular weight excluding hydrogens is 344 g/mol. The summed E-state index contributed by atoms with van der Waals surface area (Å²) in [6.07, 6.45) is 0. The molecule has 2 aromatic carbocycles. The topological polar surface area (TPSA) is 72.6 Å². The van der Waals surface area contributed by atoms with Gasteiger partial charge in [-0.05, 0) is 36.4 Å². The smallest absolute Gasteiger partial charge is 0.261 e. The number of ether oxygens (including phenoxy) is 1. The summed E-state index contributed by atoms with van der Waals surface area (Å²) in [7, 11) is 1.52. The maximum absolute atomic E-state index is 12.5. The lowest BCUT2D eigenvalue weighted by molar-refractivity contribution is 0.0603. The maximum Gasteiger partial charge on any atom is 0.261 e. The Morgan fingerprint density at radius 3 is 2.72 bits per heavy atom. The van der Waals surface area contributed by atoms with Gasteiger partial charge in [-0.25, -0.2) is 4.98 Å². The predicted molar refractivity (Wildman–Crippen MR) is 91.7 cm³/mol. The van der Waals surface area contributed by atoms with Crippen LogP contribution in [-0.4, -0.2) is 42.0 Å². The summed E-state index contributed by atoms with van der Waals surface area (Å²) >= 11 is 5.96. The van der Waals surface area contributed by atoms with Crippen molar-refractivity contribution in [1.29, 1.82) is 0 Å². The average molecular weight is 357 g/mol. The molecule has 6 nitrogen and oxygen atoms in total. The third-order valence-electron chi connectivity index (χ3n) is 4.09. The molecule has 7 heteroatoms. The molecule has 0 bridgehead atoms. The van der Waals surface area contributed by atoms with Gasteiger partial charge in [0, 0.05) is 17.7 Å². The number of methoxy groups -OCH3 is 1. The Morgan fingerprint density at radius 2 is 1.92 bits per heavy atom. The van der Waals surface area contributed by atoms with E-state index in [4.69, 9.17) is 20.8 Å². The van der Waals surface area contributed by atoms with Crippen LogP contribution in [0.3, 0.4) is 0 Å². The van der Waals surface area contributed by atoms with Crippen LogP contribution in [0.5, 0.6) is 0 Å². The molecule has 4 rings (SSSR count). The van der Waals surface area contributed by atoms with Crippen LogP contribution in [-0.2, 0) is 4.74 Å². The van der Waals surface area contributed by atoms with Gasteiger partial charge in [-0.2, -0.15) is 0 Å². The fourth-order valence-corrected chi connectivity index (χ4v) is 3.00. The third-order valence-corrected chi connectivity index (χ3v) is 4.32. The molecule has 0 aliphatic carbocycles. The number of hydrogen-bond donors (Lipinski definition) is 0. The number of benzene rings is 2. The van der Waals surface area contributed by atoms with E-state index in [1.54, 1.807) is 36.4 Å². The van der Waals surface area contributed by atoms with Gasteiger partial charge in [0.05, 0.1) is 24.3 Å². The van der Waals surface area contributed by atoms with Crippen LogP contribution in [0.2, 0.25) is 5.02 Å². The number of rotatable bonds is 4. The molecule has 0 radical (unpaired) electrons. The molecule has 2 amide bonds. The van der Waals surface area contributed by atoms with E-state index in [-0.39, 0.29) is 18.4 Å². The number of oxazole rings is 1. The van der Waals surface area contributed by atoms with Gasteiger partial charge in [0.25, 0.3) is 11.8 Å². The zero-order valence-corrected chi connectivity index (χ0v) is 14.0. The van der Waals surface area contributed by atoms with Crippen molar-refractivity contribution in [3.63, 3.8) is 0 Å². The van der Waals surface area contributed by atoms with Gasteiger partial charge in [0.15, 0.2) is 5.58 Å². The molecule has 25 heavy (non-hydrogen) atoms. The first-order chi connectivity index (χ1) is 12.1. The lowest BCUT2D eigenvalue weighted by Crippen LogP contribution is -2.32. The number of nitrogens with zero attached hydrogens (tertiary/aromatic N) is 2. The summed E-state index contributed by atoms with van der Waals surface area (Å²) in [5, 5.41) is 0.566. The van der Waals surface area contributed by atoms with Crippen molar-refractivity contribution in [2.24, 2.45) is 0 Å². The van der Waals surface area contributed by atoms with E-state index in [1.165, 1.54) is 12.0 Å². The molecule has 0 saturated heterocycles. The Kier molecular flexibility index (Phi) is 3.78. The number of carbonyl (C=O) groups excluding carboxylic acids is 2. The van der Waals surface area contributed by atoms with Gasteiger partial charge in [0.2, 0.25) is 5.89 Å². The second kappa shape index (κ2) is 5.98. The molecular formula is C18H13ClN2O4. The predicted octanol–water partition coefficient (Wildman–Crippen LogP) is 3.39. The fraction of sp³-hybridized carbons (Fsp3) is 0.167. The third kappa shape index (κ3) is 2.59. The molecule has 1 aromatic heterocycles. The number of amides is 2. The van der Waals surface area contributed by atoms with E-state index in [1.807, 2.05) is 0 Å². The summed E-state index contributed by atoms with van der Waals surface area (Å²) in [6, 6.07) is 10.1. The van der Waals surface area contributed by atoms with E-state index in [9.17, 15) is 9.59 Å². The van der Waals surface area contributed by atoms with E-state index in [2.05, 4.69) is 4.98 Å². The van der Waals surface area contributed by atoms with E-state index < -0.39 is 0 Å². The summed E-state index contributed by atoms with van der Waals surface area (Å²) in [5.74, 6) is -0.276. The van der Waals surface area contributed by atoms with Crippen LogP contribution in [0.4, 0.5) is 0 Å². The van der Waals surface area contributed by atoms with E-state index in [0.29, 0.717) is 45.3 Å². The molecule has 126 valence electrons. The molecule has 0 N–H and O–H groups in total. The van der Waals surface area contributed by atoms with Gasteiger partial charge in [-0.15, -0.1) is 0 Å². The van der Waals surface area contributed by atoms with Crippen molar-refractivity contribution < 1.29 is 18.7 Å². The molecule has 3 aromatic rings. The van der Waals surface area contributed by atoms with Gasteiger partial charge in [0.1, 0.15) is 5.52 Å². The van der Waals surface area contributed by atoms with Crippen LogP contribution in [0.25, 0.3) is 22.6 Å². The standard InChI is InChI=1S/C18H13ClN2O4/c1-24-7-6-21-17(22)12-4-2-10(8-13(12)18(21)23)16-20-14-9-11(19)3-5-15(14)25-16/h2-5,8-9H,6-7H2,1H3. The molecule has 1 aliphatic heterocycles. The van der Waals surface area contributed by atoms with Gasteiger partial charge in [-0.1, -0.05) is 11.6 Å². The lowest BCUT2D eigenvalue weighted by atomic mass is 10.1. The first-order valence-electron chi connectivity index (χ1n) is 7.64. The van der Waals surface area contributed by atoms with Crippen molar-refractivity contribution in [2.45, 2.75) is 0 Å². The average Bonchev–Trinajstić information content (AvgIpc) is 3.13. The number of halogens is 1. The SMILES string of the molecule is COCCN1C(=O)c2ccc(-c3nc4cc(Cl)ccc4o3)cc2C1=O. The van der Waals surface area contributed by atoms with E-state index in [0.717, 1.165) is 0 Å².